The maximum absolute atomic E-state index is 5.92. The summed E-state index contributed by atoms with van der Waals surface area (Å²) in [5.74, 6) is 1.92. The molecule has 0 amide bonds. The van der Waals surface area contributed by atoms with Crippen molar-refractivity contribution in [2.75, 3.05) is 12.4 Å². The first-order chi connectivity index (χ1) is 9.93. The second-order valence-electron chi connectivity index (χ2n) is 4.49. The van der Waals surface area contributed by atoms with Crippen LogP contribution in [0.25, 0.3) is 10.8 Å². The standard InChI is InChI=1S/C18H16OS/c1-2-9-16(10-3-1)20-14-13-19-18-12-6-8-15-7-4-5-11-17(15)18/h1-12H,13-14H2. The van der Waals surface area contributed by atoms with Crippen LogP contribution in [0.5, 0.6) is 5.75 Å². The SMILES string of the molecule is c1ccc(SCCOc2cccc3ccccc23)cc1. The monoisotopic (exact) mass is 280 g/mol. The Labute approximate surface area is 123 Å². The topological polar surface area (TPSA) is 9.23 Å². The van der Waals surface area contributed by atoms with E-state index in [0.29, 0.717) is 6.61 Å². The molecule has 0 radical (unpaired) electrons. The summed E-state index contributed by atoms with van der Waals surface area (Å²) in [4.78, 5) is 1.29. The van der Waals surface area contributed by atoms with Crippen molar-refractivity contribution in [1.82, 2.24) is 0 Å². The molecule has 3 aromatic rings. The summed E-state index contributed by atoms with van der Waals surface area (Å²) in [7, 11) is 0. The fourth-order valence-corrected chi connectivity index (χ4v) is 2.90. The lowest BCUT2D eigenvalue weighted by molar-refractivity contribution is 0.348. The Morgan fingerprint density at radius 3 is 2.40 bits per heavy atom. The van der Waals surface area contributed by atoms with Crippen LogP contribution >= 0.6 is 11.8 Å². The largest absolute Gasteiger partial charge is 0.492 e. The molecular weight excluding hydrogens is 264 g/mol. The molecule has 0 aliphatic heterocycles. The van der Waals surface area contributed by atoms with E-state index >= 15 is 0 Å². The van der Waals surface area contributed by atoms with Crippen molar-refractivity contribution in [3.8, 4) is 5.75 Å². The number of hydrogen-bond acceptors (Lipinski definition) is 2. The van der Waals surface area contributed by atoms with Crippen LogP contribution < -0.4 is 4.74 Å². The summed E-state index contributed by atoms with van der Waals surface area (Å²) in [6.07, 6.45) is 0. The van der Waals surface area contributed by atoms with Crippen molar-refractivity contribution >= 4 is 22.5 Å². The minimum absolute atomic E-state index is 0.716. The zero-order chi connectivity index (χ0) is 13.6. The fourth-order valence-electron chi connectivity index (χ4n) is 2.15. The molecule has 0 aromatic heterocycles. The van der Waals surface area contributed by atoms with E-state index in [2.05, 4.69) is 48.5 Å². The first-order valence-corrected chi connectivity index (χ1v) is 7.70. The van der Waals surface area contributed by atoms with Crippen LogP contribution in [0.15, 0.2) is 77.7 Å². The van der Waals surface area contributed by atoms with Gasteiger partial charge in [0.25, 0.3) is 0 Å². The summed E-state index contributed by atoms with van der Waals surface area (Å²) >= 11 is 1.82. The normalized spacial score (nSPS) is 10.6. The molecule has 20 heavy (non-hydrogen) atoms. The van der Waals surface area contributed by atoms with Gasteiger partial charge >= 0.3 is 0 Å². The van der Waals surface area contributed by atoms with Gasteiger partial charge in [-0.15, -0.1) is 11.8 Å². The zero-order valence-corrected chi connectivity index (χ0v) is 12.0. The number of fused-ring (bicyclic) bond motifs is 1. The number of rotatable bonds is 5. The molecule has 100 valence electrons. The Hall–Kier alpha value is -1.93. The van der Waals surface area contributed by atoms with Crippen LogP contribution in [-0.4, -0.2) is 12.4 Å². The highest BCUT2D eigenvalue weighted by molar-refractivity contribution is 7.99. The second-order valence-corrected chi connectivity index (χ2v) is 5.66. The zero-order valence-electron chi connectivity index (χ0n) is 11.2. The van der Waals surface area contributed by atoms with Gasteiger partial charge in [0.15, 0.2) is 0 Å². The maximum Gasteiger partial charge on any atom is 0.127 e. The van der Waals surface area contributed by atoms with E-state index in [9.17, 15) is 0 Å². The Morgan fingerprint density at radius 2 is 1.50 bits per heavy atom. The Balaban J connectivity index is 1.60. The molecule has 0 heterocycles. The molecule has 0 fully saturated rings. The smallest absolute Gasteiger partial charge is 0.127 e. The Bertz CT molecular complexity index is 674. The highest BCUT2D eigenvalue weighted by Crippen LogP contribution is 2.25. The van der Waals surface area contributed by atoms with Crippen molar-refractivity contribution in [3.63, 3.8) is 0 Å². The van der Waals surface area contributed by atoms with E-state index in [1.54, 1.807) is 0 Å². The molecule has 0 bridgehead atoms. The van der Waals surface area contributed by atoms with E-state index < -0.39 is 0 Å². The van der Waals surface area contributed by atoms with Gasteiger partial charge in [-0.2, -0.15) is 0 Å². The first-order valence-electron chi connectivity index (χ1n) is 6.72. The maximum atomic E-state index is 5.92. The number of hydrogen-bond donors (Lipinski definition) is 0. The van der Waals surface area contributed by atoms with Crippen LogP contribution in [0.3, 0.4) is 0 Å². The summed E-state index contributed by atoms with van der Waals surface area (Å²) < 4.78 is 5.92. The van der Waals surface area contributed by atoms with Gasteiger partial charge in [-0.1, -0.05) is 54.6 Å². The molecule has 0 atom stereocenters. The summed E-state index contributed by atoms with van der Waals surface area (Å²) in [5, 5.41) is 2.40. The van der Waals surface area contributed by atoms with Crippen molar-refractivity contribution < 1.29 is 4.74 Å². The van der Waals surface area contributed by atoms with Crippen LogP contribution in [0.4, 0.5) is 0 Å². The van der Waals surface area contributed by atoms with Gasteiger partial charge in [0, 0.05) is 16.0 Å². The lowest BCUT2D eigenvalue weighted by Crippen LogP contribution is -2.00. The predicted molar refractivity (Wildman–Crippen MR) is 86.6 cm³/mol. The van der Waals surface area contributed by atoms with E-state index in [4.69, 9.17) is 4.74 Å². The van der Waals surface area contributed by atoms with Gasteiger partial charge < -0.3 is 4.74 Å². The van der Waals surface area contributed by atoms with E-state index in [1.165, 1.54) is 15.7 Å². The lowest BCUT2D eigenvalue weighted by atomic mass is 10.1. The lowest BCUT2D eigenvalue weighted by Gasteiger charge is -2.09. The van der Waals surface area contributed by atoms with Gasteiger partial charge in [0.1, 0.15) is 5.75 Å². The van der Waals surface area contributed by atoms with E-state index in [-0.39, 0.29) is 0 Å². The van der Waals surface area contributed by atoms with Gasteiger partial charge in [0.05, 0.1) is 6.61 Å². The minimum Gasteiger partial charge on any atom is -0.492 e. The van der Waals surface area contributed by atoms with Gasteiger partial charge in [-0.05, 0) is 23.6 Å². The first kappa shape index (κ1) is 13.1. The van der Waals surface area contributed by atoms with Gasteiger partial charge in [-0.25, -0.2) is 0 Å². The highest BCUT2D eigenvalue weighted by Gasteiger charge is 2.01. The molecule has 2 heteroatoms. The molecular formula is C18H16OS. The van der Waals surface area contributed by atoms with Gasteiger partial charge in [0.2, 0.25) is 0 Å². The Kier molecular flexibility index (Phi) is 4.24. The van der Waals surface area contributed by atoms with Crippen LogP contribution in [0, 0.1) is 0 Å². The third kappa shape index (κ3) is 3.14. The summed E-state index contributed by atoms with van der Waals surface area (Å²) in [5.41, 5.74) is 0. The molecule has 3 aromatic carbocycles. The molecule has 0 unspecified atom stereocenters. The quantitative estimate of drug-likeness (QED) is 0.480. The molecule has 0 saturated heterocycles. The highest BCUT2D eigenvalue weighted by atomic mass is 32.2. The third-order valence-corrected chi connectivity index (χ3v) is 4.08. The number of thioether (sulfide) groups is 1. The third-order valence-electron chi connectivity index (χ3n) is 3.10. The second kappa shape index (κ2) is 6.49. The molecule has 1 nitrogen and oxygen atoms in total. The molecule has 0 aliphatic carbocycles. The van der Waals surface area contributed by atoms with E-state index in [0.717, 1.165) is 11.5 Å². The number of ether oxygens (including phenoxy) is 1. The van der Waals surface area contributed by atoms with Crippen molar-refractivity contribution in [3.05, 3.63) is 72.8 Å². The minimum atomic E-state index is 0.716. The Morgan fingerprint density at radius 1 is 0.750 bits per heavy atom. The average Bonchev–Trinajstić information content (AvgIpc) is 2.53. The molecule has 0 saturated carbocycles. The number of benzene rings is 3. The summed E-state index contributed by atoms with van der Waals surface area (Å²) in [6, 6.07) is 24.9. The average molecular weight is 280 g/mol. The molecule has 0 N–H and O–H groups in total. The molecule has 0 spiro atoms. The summed E-state index contributed by atoms with van der Waals surface area (Å²) in [6.45, 7) is 0.716. The molecule has 3 rings (SSSR count). The van der Waals surface area contributed by atoms with Crippen molar-refractivity contribution in [2.45, 2.75) is 4.90 Å². The predicted octanol–water partition coefficient (Wildman–Crippen LogP) is 5.01. The van der Waals surface area contributed by atoms with E-state index in [1.807, 2.05) is 36.0 Å². The molecule has 0 aliphatic rings. The van der Waals surface area contributed by atoms with Crippen molar-refractivity contribution in [1.29, 1.82) is 0 Å². The van der Waals surface area contributed by atoms with Crippen molar-refractivity contribution in [2.24, 2.45) is 0 Å². The van der Waals surface area contributed by atoms with Gasteiger partial charge in [-0.3, -0.25) is 0 Å². The fraction of sp³-hybridized carbons (Fsp3) is 0.111. The van der Waals surface area contributed by atoms with Crippen LogP contribution in [0.2, 0.25) is 0 Å². The van der Waals surface area contributed by atoms with Crippen LogP contribution in [-0.2, 0) is 0 Å². The van der Waals surface area contributed by atoms with Crippen LogP contribution in [0.1, 0.15) is 0 Å².